The third-order valence-corrected chi connectivity index (χ3v) is 3.99. The topological polar surface area (TPSA) is 67.2 Å². The lowest BCUT2D eigenvalue weighted by atomic mass is 10.1. The van der Waals surface area contributed by atoms with Crippen LogP contribution in [-0.2, 0) is 0 Å². The number of nitrogens with two attached hydrogens (primary N) is 1. The van der Waals surface area contributed by atoms with Crippen LogP contribution < -0.4 is 16.4 Å². The van der Waals surface area contributed by atoms with Crippen LogP contribution in [0.2, 0.25) is 5.02 Å². The van der Waals surface area contributed by atoms with Crippen molar-refractivity contribution in [3.63, 3.8) is 0 Å². The number of nitrogens with one attached hydrogen (secondary N) is 2. The lowest BCUT2D eigenvalue weighted by molar-refractivity contribution is 0.100. The van der Waals surface area contributed by atoms with Gasteiger partial charge in [-0.3, -0.25) is 4.79 Å². The van der Waals surface area contributed by atoms with E-state index in [1.54, 1.807) is 6.07 Å². The van der Waals surface area contributed by atoms with Gasteiger partial charge < -0.3 is 16.4 Å². The highest BCUT2D eigenvalue weighted by atomic mass is 35.5. The Morgan fingerprint density at radius 2 is 2.12 bits per heavy atom. The Hall–Kier alpha value is -1.26. The number of anilines is 1. The first-order valence-corrected chi connectivity index (χ1v) is 6.12. The summed E-state index contributed by atoms with van der Waals surface area (Å²) < 4.78 is 0. The van der Waals surface area contributed by atoms with E-state index in [4.69, 9.17) is 17.3 Å². The molecule has 2 unspecified atom stereocenters. The molecule has 1 aromatic carbocycles. The van der Waals surface area contributed by atoms with E-state index in [9.17, 15) is 4.79 Å². The molecular formula is C12H14ClN3O. The van der Waals surface area contributed by atoms with Crippen LogP contribution in [0.3, 0.4) is 0 Å². The minimum absolute atomic E-state index is 0.395. The molecule has 2 fully saturated rings. The van der Waals surface area contributed by atoms with Gasteiger partial charge in [-0.2, -0.15) is 0 Å². The number of piperidine rings is 1. The van der Waals surface area contributed by atoms with Gasteiger partial charge >= 0.3 is 0 Å². The Bertz CT molecular complexity index is 467. The van der Waals surface area contributed by atoms with E-state index in [0.717, 1.165) is 18.8 Å². The summed E-state index contributed by atoms with van der Waals surface area (Å²) in [7, 11) is 0. The summed E-state index contributed by atoms with van der Waals surface area (Å²) in [5.41, 5.74) is 6.50. The third kappa shape index (κ3) is 1.77. The van der Waals surface area contributed by atoms with Gasteiger partial charge in [-0.25, -0.2) is 0 Å². The molecule has 3 rings (SSSR count). The molecule has 17 heavy (non-hydrogen) atoms. The number of amides is 1. The van der Waals surface area contributed by atoms with E-state index in [1.807, 2.05) is 12.1 Å². The van der Waals surface area contributed by atoms with Gasteiger partial charge in [-0.05, 0) is 24.0 Å². The summed E-state index contributed by atoms with van der Waals surface area (Å²) in [6, 6.07) is 5.82. The molecule has 0 radical (unpaired) electrons. The van der Waals surface area contributed by atoms with Crippen molar-refractivity contribution in [3.05, 3.63) is 28.8 Å². The van der Waals surface area contributed by atoms with Gasteiger partial charge in [0.25, 0.3) is 5.91 Å². The summed E-state index contributed by atoms with van der Waals surface area (Å²) in [5, 5.41) is 7.12. The summed E-state index contributed by atoms with van der Waals surface area (Å²) >= 11 is 6.00. The standard InChI is InChI=1S/C12H14ClN3O/c13-8-2-1-3-9(10(8)12(14)17)16-11-6-4-15-5-7(6)11/h1-3,6-7,11,15-16H,4-5H2,(H2,14,17). The number of carbonyl (C=O) groups is 1. The van der Waals surface area contributed by atoms with E-state index in [0.29, 0.717) is 28.5 Å². The van der Waals surface area contributed by atoms with Crippen molar-refractivity contribution in [3.8, 4) is 0 Å². The average Bonchev–Trinajstić information content (AvgIpc) is 2.74. The first kappa shape index (κ1) is 10.9. The summed E-state index contributed by atoms with van der Waals surface area (Å²) in [6.07, 6.45) is 0. The number of rotatable bonds is 3. The molecule has 4 N–H and O–H groups in total. The average molecular weight is 252 g/mol. The lowest BCUT2D eigenvalue weighted by Crippen LogP contribution is -2.23. The fourth-order valence-electron chi connectivity index (χ4n) is 2.71. The molecule has 0 spiro atoms. The second kappa shape index (κ2) is 3.89. The highest BCUT2D eigenvalue weighted by Crippen LogP contribution is 2.44. The van der Waals surface area contributed by atoms with E-state index in [1.165, 1.54) is 0 Å². The molecule has 1 amide bonds. The SMILES string of the molecule is NC(=O)c1c(Cl)cccc1NC1C2CNCC21. The van der Waals surface area contributed by atoms with E-state index in [-0.39, 0.29) is 0 Å². The summed E-state index contributed by atoms with van der Waals surface area (Å²) in [5.74, 6) is 0.867. The molecule has 2 atom stereocenters. The first-order valence-electron chi connectivity index (χ1n) is 5.74. The fraction of sp³-hybridized carbons (Fsp3) is 0.417. The van der Waals surface area contributed by atoms with Crippen LogP contribution in [0, 0.1) is 11.8 Å². The molecule has 0 aromatic heterocycles. The second-order valence-electron chi connectivity index (χ2n) is 4.68. The Labute approximate surface area is 105 Å². The van der Waals surface area contributed by atoms with Gasteiger partial charge in [0.1, 0.15) is 0 Å². The highest BCUT2D eigenvalue weighted by Gasteiger charge is 2.53. The van der Waals surface area contributed by atoms with Crippen LogP contribution in [0.25, 0.3) is 0 Å². The molecule has 2 aliphatic rings. The quantitative estimate of drug-likeness (QED) is 0.753. The minimum atomic E-state index is -0.484. The zero-order valence-electron chi connectivity index (χ0n) is 9.24. The van der Waals surface area contributed by atoms with Crippen molar-refractivity contribution in [2.45, 2.75) is 6.04 Å². The normalized spacial score (nSPS) is 29.8. The lowest BCUT2D eigenvalue weighted by Gasteiger charge is -2.13. The molecule has 90 valence electrons. The first-order chi connectivity index (χ1) is 8.18. The largest absolute Gasteiger partial charge is 0.381 e. The fourth-order valence-corrected chi connectivity index (χ4v) is 2.97. The van der Waals surface area contributed by atoms with Crippen LogP contribution >= 0.6 is 11.6 Å². The van der Waals surface area contributed by atoms with E-state index < -0.39 is 5.91 Å². The molecule has 4 nitrogen and oxygen atoms in total. The molecule has 1 aliphatic carbocycles. The number of fused-ring (bicyclic) bond motifs is 1. The van der Waals surface area contributed by atoms with Crippen molar-refractivity contribution in [1.29, 1.82) is 0 Å². The molecule has 5 heteroatoms. The highest BCUT2D eigenvalue weighted by molar-refractivity contribution is 6.34. The van der Waals surface area contributed by atoms with Crippen molar-refractivity contribution in [1.82, 2.24) is 5.32 Å². The van der Waals surface area contributed by atoms with Crippen molar-refractivity contribution < 1.29 is 4.79 Å². The molecule has 0 bridgehead atoms. The summed E-state index contributed by atoms with van der Waals surface area (Å²) in [6.45, 7) is 2.10. The molecular weight excluding hydrogens is 238 g/mol. The van der Waals surface area contributed by atoms with Gasteiger partial charge in [0.15, 0.2) is 0 Å². The Kier molecular flexibility index (Phi) is 2.49. The number of benzene rings is 1. The third-order valence-electron chi connectivity index (χ3n) is 3.67. The zero-order chi connectivity index (χ0) is 12.0. The van der Waals surface area contributed by atoms with Crippen LogP contribution in [0.4, 0.5) is 5.69 Å². The van der Waals surface area contributed by atoms with Crippen LogP contribution in [-0.4, -0.2) is 25.0 Å². The van der Waals surface area contributed by atoms with Gasteiger partial charge in [0, 0.05) is 24.8 Å². The van der Waals surface area contributed by atoms with Crippen molar-refractivity contribution in [2.24, 2.45) is 17.6 Å². The Morgan fingerprint density at radius 1 is 1.41 bits per heavy atom. The van der Waals surface area contributed by atoms with Crippen LogP contribution in [0.15, 0.2) is 18.2 Å². The van der Waals surface area contributed by atoms with Crippen LogP contribution in [0.1, 0.15) is 10.4 Å². The molecule has 1 aromatic rings. The molecule has 1 saturated carbocycles. The predicted octanol–water partition coefficient (Wildman–Crippen LogP) is 1.07. The van der Waals surface area contributed by atoms with Gasteiger partial charge in [0.05, 0.1) is 10.6 Å². The van der Waals surface area contributed by atoms with E-state index in [2.05, 4.69) is 10.6 Å². The Balaban J connectivity index is 1.83. The van der Waals surface area contributed by atoms with Gasteiger partial charge in [-0.1, -0.05) is 17.7 Å². The maximum absolute atomic E-state index is 11.4. The molecule has 1 heterocycles. The number of carbonyl (C=O) groups excluding carboxylic acids is 1. The maximum Gasteiger partial charge on any atom is 0.252 e. The minimum Gasteiger partial charge on any atom is -0.381 e. The zero-order valence-corrected chi connectivity index (χ0v) is 10.00. The predicted molar refractivity (Wildman–Crippen MR) is 67.2 cm³/mol. The van der Waals surface area contributed by atoms with Gasteiger partial charge in [0.2, 0.25) is 0 Å². The van der Waals surface area contributed by atoms with Gasteiger partial charge in [-0.15, -0.1) is 0 Å². The maximum atomic E-state index is 11.4. The number of hydrogen-bond donors (Lipinski definition) is 3. The smallest absolute Gasteiger partial charge is 0.252 e. The number of hydrogen-bond acceptors (Lipinski definition) is 3. The number of halogens is 1. The monoisotopic (exact) mass is 251 g/mol. The van der Waals surface area contributed by atoms with E-state index >= 15 is 0 Å². The van der Waals surface area contributed by atoms with Crippen molar-refractivity contribution in [2.75, 3.05) is 18.4 Å². The number of primary amides is 1. The molecule has 1 saturated heterocycles. The second-order valence-corrected chi connectivity index (χ2v) is 5.09. The van der Waals surface area contributed by atoms with Crippen LogP contribution in [0.5, 0.6) is 0 Å². The molecule has 1 aliphatic heterocycles. The Morgan fingerprint density at radius 3 is 2.76 bits per heavy atom. The summed E-state index contributed by atoms with van der Waals surface area (Å²) in [4.78, 5) is 11.4. The van der Waals surface area contributed by atoms with Crippen molar-refractivity contribution >= 4 is 23.2 Å².